The third-order valence-corrected chi connectivity index (χ3v) is 4.53. The van der Waals surface area contributed by atoms with Crippen molar-refractivity contribution in [2.24, 2.45) is 0 Å². The van der Waals surface area contributed by atoms with E-state index in [4.69, 9.17) is 0 Å². The zero-order valence-corrected chi connectivity index (χ0v) is 11.7. The Morgan fingerprint density at radius 1 is 1.26 bits per heavy atom. The number of benzene rings is 1. The third-order valence-electron chi connectivity index (χ3n) is 3.37. The number of nitrogens with zero attached hydrogens (tertiary/aromatic N) is 2. The number of para-hydroxylation sites is 1. The Balaban J connectivity index is 1.99. The van der Waals surface area contributed by atoms with E-state index in [-0.39, 0.29) is 5.78 Å². The van der Waals surface area contributed by atoms with Crippen LogP contribution in [0.4, 0.5) is 10.8 Å². The van der Waals surface area contributed by atoms with Gasteiger partial charge >= 0.3 is 0 Å². The van der Waals surface area contributed by atoms with Gasteiger partial charge in [-0.05, 0) is 31.9 Å². The molecule has 0 amide bonds. The Morgan fingerprint density at radius 2 is 2.05 bits per heavy atom. The average molecular weight is 272 g/mol. The smallest absolute Gasteiger partial charge is 0.190 e. The molecule has 4 heteroatoms. The molecule has 1 aromatic heterocycles. The van der Waals surface area contributed by atoms with Gasteiger partial charge in [-0.1, -0.05) is 29.5 Å². The van der Waals surface area contributed by atoms with E-state index in [0.29, 0.717) is 6.42 Å². The van der Waals surface area contributed by atoms with Gasteiger partial charge in [0.1, 0.15) is 0 Å². The van der Waals surface area contributed by atoms with E-state index in [1.165, 1.54) is 11.3 Å². The Kier molecular flexibility index (Phi) is 3.34. The number of carbonyl (C=O) groups is 1. The predicted octanol–water partition coefficient (Wildman–Crippen LogP) is 3.82. The molecule has 19 heavy (non-hydrogen) atoms. The Hall–Kier alpha value is -1.68. The zero-order chi connectivity index (χ0) is 13.2. The molecule has 0 saturated carbocycles. The van der Waals surface area contributed by atoms with Gasteiger partial charge in [0.25, 0.3) is 0 Å². The van der Waals surface area contributed by atoms with Crippen LogP contribution in [0.25, 0.3) is 0 Å². The van der Waals surface area contributed by atoms with Crippen LogP contribution < -0.4 is 4.90 Å². The van der Waals surface area contributed by atoms with Crippen LogP contribution in [0.5, 0.6) is 0 Å². The molecule has 98 valence electrons. The maximum atomic E-state index is 11.9. The lowest BCUT2D eigenvalue weighted by Crippen LogP contribution is -2.15. The van der Waals surface area contributed by atoms with Gasteiger partial charge in [-0.15, -0.1) is 0 Å². The SMILES string of the molecule is CCN(c1ccccc1)c1nc2c(s1)C(=O)CCC2. The van der Waals surface area contributed by atoms with Gasteiger partial charge in [0.15, 0.2) is 10.9 Å². The van der Waals surface area contributed by atoms with Gasteiger partial charge < -0.3 is 4.90 Å². The molecule has 0 aliphatic heterocycles. The molecule has 0 atom stereocenters. The van der Waals surface area contributed by atoms with Crippen molar-refractivity contribution < 1.29 is 4.79 Å². The van der Waals surface area contributed by atoms with Crippen molar-refractivity contribution in [2.45, 2.75) is 26.2 Å². The van der Waals surface area contributed by atoms with Gasteiger partial charge in [-0.2, -0.15) is 0 Å². The predicted molar refractivity (Wildman–Crippen MR) is 78.5 cm³/mol. The minimum absolute atomic E-state index is 0.258. The first kappa shape index (κ1) is 12.4. The number of hydrogen-bond acceptors (Lipinski definition) is 4. The summed E-state index contributed by atoms with van der Waals surface area (Å²) < 4.78 is 0. The standard InChI is InChI=1S/C15H16N2OS/c1-2-17(11-7-4-3-5-8-11)15-16-12-9-6-10-13(18)14(12)19-15/h3-5,7-8H,2,6,9-10H2,1H3. The van der Waals surface area contributed by atoms with Crippen molar-refractivity contribution in [2.75, 3.05) is 11.4 Å². The second-order valence-electron chi connectivity index (χ2n) is 4.63. The van der Waals surface area contributed by atoms with Crippen molar-refractivity contribution in [3.8, 4) is 0 Å². The van der Waals surface area contributed by atoms with Gasteiger partial charge in [-0.25, -0.2) is 4.98 Å². The number of aromatic nitrogens is 1. The molecule has 3 nitrogen and oxygen atoms in total. The highest BCUT2D eigenvalue weighted by Gasteiger charge is 2.24. The molecule has 1 aliphatic rings. The Bertz CT molecular complexity index is 591. The minimum atomic E-state index is 0.258. The lowest BCUT2D eigenvalue weighted by molar-refractivity contribution is 0.0976. The fraction of sp³-hybridized carbons (Fsp3) is 0.333. The lowest BCUT2D eigenvalue weighted by atomic mass is 10.0. The highest BCUT2D eigenvalue weighted by Crippen LogP contribution is 2.34. The number of anilines is 2. The van der Waals surface area contributed by atoms with Crippen LogP contribution >= 0.6 is 11.3 Å². The molecule has 2 aromatic rings. The lowest BCUT2D eigenvalue weighted by Gasteiger charge is -2.19. The van der Waals surface area contributed by atoms with Crippen molar-refractivity contribution in [3.05, 3.63) is 40.9 Å². The van der Waals surface area contributed by atoms with Gasteiger partial charge in [0.05, 0.1) is 10.6 Å². The maximum absolute atomic E-state index is 11.9. The Labute approximate surface area is 116 Å². The van der Waals surface area contributed by atoms with Crippen LogP contribution in [0.15, 0.2) is 30.3 Å². The van der Waals surface area contributed by atoms with Gasteiger partial charge in [0.2, 0.25) is 0 Å². The summed E-state index contributed by atoms with van der Waals surface area (Å²) >= 11 is 1.54. The highest BCUT2D eigenvalue weighted by molar-refractivity contribution is 7.17. The van der Waals surface area contributed by atoms with E-state index in [0.717, 1.165) is 40.8 Å². The number of carbonyl (C=O) groups excluding carboxylic acids is 1. The Morgan fingerprint density at radius 3 is 2.74 bits per heavy atom. The number of hydrogen-bond donors (Lipinski definition) is 0. The number of Topliss-reactive ketones (excluding diaryl/α,β-unsaturated/α-hetero) is 1. The van der Waals surface area contributed by atoms with Crippen molar-refractivity contribution in [1.29, 1.82) is 0 Å². The summed E-state index contributed by atoms with van der Waals surface area (Å²) in [7, 11) is 0. The number of fused-ring (bicyclic) bond motifs is 1. The molecule has 0 spiro atoms. The molecule has 3 rings (SSSR count). The molecule has 0 unspecified atom stereocenters. The van der Waals surface area contributed by atoms with Crippen LogP contribution in [-0.4, -0.2) is 17.3 Å². The molecule has 0 N–H and O–H groups in total. The second-order valence-corrected chi connectivity index (χ2v) is 5.61. The van der Waals surface area contributed by atoms with E-state index < -0.39 is 0 Å². The molecular weight excluding hydrogens is 256 g/mol. The third kappa shape index (κ3) is 2.28. The topological polar surface area (TPSA) is 33.2 Å². The number of rotatable bonds is 3. The first-order valence-electron chi connectivity index (χ1n) is 6.65. The fourth-order valence-corrected chi connectivity index (χ4v) is 3.57. The van der Waals surface area contributed by atoms with E-state index in [1.54, 1.807) is 0 Å². The van der Waals surface area contributed by atoms with Gasteiger partial charge in [0, 0.05) is 18.7 Å². The summed E-state index contributed by atoms with van der Waals surface area (Å²) in [5, 5.41) is 0.939. The molecular formula is C15H16N2OS. The number of ketones is 1. The monoisotopic (exact) mass is 272 g/mol. The van der Waals surface area contributed by atoms with Crippen LogP contribution in [0.3, 0.4) is 0 Å². The highest BCUT2D eigenvalue weighted by atomic mass is 32.1. The van der Waals surface area contributed by atoms with E-state index in [2.05, 4.69) is 28.9 Å². The number of thiazole rings is 1. The van der Waals surface area contributed by atoms with E-state index in [9.17, 15) is 4.79 Å². The summed E-state index contributed by atoms with van der Waals surface area (Å²) in [5.74, 6) is 0.258. The maximum Gasteiger partial charge on any atom is 0.190 e. The molecule has 0 bridgehead atoms. The largest absolute Gasteiger partial charge is 0.318 e. The second kappa shape index (κ2) is 5.13. The zero-order valence-electron chi connectivity index (χ0n) is 10.9. The van der Waals surface area contributed by atoms with Crippen molar-refractivity contribution >= 4 is 27.9 Å². The summed E-state index contributed by atoms with van der Waals surface area (Å²) in [5.41, 5.74) is 2.12. The van der Waals surface area contributed by atoms with Gasteiger partial charge in [-0.3, -0.25) is 4.79 Å². The van der Waals surface area contributed by atoms with Crippen LogP contribution in [-0.2, 0) is 6.42 Å². The normalized spacial score (nSPS) is 14.3. The van der Waals surface area contributed by atoms with Crippen LogP contribution in [0.2, 0.25) is 0 Å². The van der Waals surface area contributed by atoms with E-state index in [1.807, 2.05) is 18.2 Å². The fourth-order valence-electron chi connectivity index (χ4n) is 2.41. The molecule has 0 fully saturated rings. The van der Waals surface area contributed by atoms with Crippen LogP contribution in [0, 0.1) is 0 Å². The minimum Gasteiger partial charge on any atom is -0.318 e. The molecule has 0 saturated heterocycles. The van der Waals surface area contributed by atoms with Crippen LogP contribution in [0.1, 0.15) is 35.1 Å². The molecule has 1 aliphatic carbocycles. The average Bonchev–Trinajstić information content (AvgIpc) is 2.86. The molecule has 1 heterocycles. The quantitative estimate of drug-likeness (QED) is 0.851. The molecule has 1 aromatic carbocycles. The van der Waals surface area contributed by atoms with Crippen molar-refractivity contribution in [3.63, 3.8) is 0 Å². The molecule has 0 radical (unpaired) electrons. The summed E-state index contributed by atoms with van der Waals surface area (Å²) in [4.78, 5) is 19.6. The summed E-state index contributed by atoms with van der Waals surface area (Å²) in [6.45, 7) is 2.96. The van der Waals surface area contributed by atoms with Crippen molar-refractivity contribution in [1.82, 2.24) is 4.98 Å². The number of aryl methyl sites for hydroxylation is 1. The first-order chi connectivity index (χ1) is 9.29. The summed E-state index contributed by atoms with van der Waals surface area (Å²) in [6.07, 6.45) is 2.54. The van der Waals surface area contributed by atoms with E-state index >= 15 is 0 Å². The summed E-state index contributed by atoms with van der Waals surface area (Å²) in [6, 6.07) is 10.2. The first-order valence-corrected chi connectivity index (χ1v) is 7.46.